The molecule has 0 aromatic heterocycles. The fraction of sp³-hybridized carbons (Fsp3) is 0.300. The number of hydrogen-bond acceptors (Lipinski definition) is 5. The molecule has 0 amide bonds. The largest absolute Gasteiger partial charge is 0.379 e. The van der Waals surface area contributed by atoms with Gasteiger partial charge < -0.3 is 4.74 Å². The average molecular weight is 371 g/mol. The summed E-state index contributed by atoms with van der Waals surface area (Å²) in [6.45, 7) is 2.30. The highest BCUT2D eigenvalue weighted by molar-refractivity contribution is 6.32. The quantitative estimate of drug-likeness (QED) is 0.776. The first-order valence-electron chi connectivity index (χ1n) is 8.84. The standard InChI is InChI=1S/C20H19F2N3O2/c21-15-6-7-16(22)18(12-15)25-20(24-8-10-27-11-9-24)19(17(13-26)23-25)14-4-2-1-3-5-14/h1-7,12-13,19-20H,8-11H2/t19-,20-/m0/s1. The molecule has 2 aromatic rings. The van der Waals surface area contributed by atoms with Crippen molar-refractivity contribution in [3.63, 3.8) is 0 Å². The van der Waals surface area contributed by atoms with Crippen molar-refractivity contribution < 1.29 is 18.3 Å². The van der Waals surface area contributed by atoms with E-state index in [0.29, 0.717) is 38.3 Å². The Labute approximate surface area is 155 Å². The highest BCUT2D eigenvalue weighted by Crippen LogP contribution is 2.37. The molecule has 0 aliphatic carbocycles. The van der Waals surface area contributed by atoms with Crippen molar-refractivity contribution in [1.29, 1.82) is 0 Å². The van der Waals surface area contributed by atoms with E-state index in [4.69, 9.17) is 4.74 Å². The minimum atomic E-state index is -0.586. The third kappa shape index (κ3) is 3.36. The second-order valence-electron chi connectivity index (χ2n) is 6.53. The molecule has 2 aliphatic rings. The lowest BCUT2D eigenvalue weighted by Crippen LogP contribution is -2.52. The van der Waals surface area contributed by atoms with Crippen molar-refractivity contribution in [3.8, 4) is 0 Å². The van der Waals surface area contributed by atoms with Gasteiger partial charge in [-0.1, -0.05) is 30.3 Å². The summed E-state index contributed by atoms with van der Waals surface area (Å²) in [6.07, 6.45) is 0.260. The molecule has 0 spiro atoms. The van der Waals surface area contributed by atoms with E-state index < -0.39 is 17.8 Å². The number of rotatable bonds is 4. The molecule has 0 saturated carbocycles. The molecule has 0 radical (unpaired) electrons. The van der Waals surface area contributed by atoms with Crippen molar-refractivity contribution in [2.45, 2.75) is 12.1 Å². The lowest BCUT2D eigenvalue weighted by Gasteiger charge is -2.39. The SMILES string of the molecule is O=CC1=NN(c2cc(F)ccc2F)[C@H](N2CCOCC2)[C@H]1c1ccccc1. The zero-order chi connectivity index (χ0) is 18.8. The molecule has 0 N–H and O–H groups in total. The Hall–Kier alpha value is -2.64. The molecule has 2 heterocycles. The molecule has 2 aliphatic heterocycles. The van der Waals surface area contributed by atoms with Crippen LogP contribution in [0.4, 0.5) is 14.5 Å². The second-order valence-corrected chi connectivity index (χ2v) is 6.53. The van der Waals surface area contributed by atoms with Gasteiger partial charge in [-0.25, -0.2) is 13.8 Å². The van der Waals surface area contributed by atoms with Crippen molar-refractivity contribution in [2.24, 2.45) is 5.10 Å². The number of morpholine rings is 1. The highest BCUT2D eigenvalue weighted by atomic mass is 19.1. The summed E-state index contributed by atoms with van der Waals surface area (Å²) >= 11 is 0. The maximum Gasteiger partial charge on any atom is 0.166 e. The zero-order valence-corrected chi connectivity index (χ0v) is 14.6. The van der Waals surface area contributed by atoms with Gasteiger partial charge in [-0.3, -0.25) is 9.69 Å². The van der Waals surface area contributed by atoms with Crippen LogP contribution in [0.2, 0.25) is 0 Å². The van der Waals surface area contributed by atoms with Gasteiger partial charge in [-0.2, -0.15) is 5.10 Å². The molecule has 0 unspecified atom stereocenters. The van der Waals surface area contributed by atoms with Crippen LogP contribution in [0.3, 0.4) is 0 Å². The van der Waals surface area contributed by atoms with Crippen LogP contribution in [-0.2, 0) is 9.53 Å². The molecule has 5 nitrogen and oxygen atoms in total. The van der Waals surface area contributed by atoms with Gasteiger partial charge in [0.1, 0.15) is 23.5 Å². The first kappa shape index (κ1) is 17.8. The van der Waals surface area contributed by atoms with Crippen LogP contribution in [0.1, 0.15) is 11.5 Å². The van der Waals surface area contributed by atoms with Gasteiger partial charge in [0, 0.05) is 19.2 Å². The predicted molar refractivity (Wildman–Crippen MR) is 97.7 cm³/mol. The maximum absolute atomic E-state index is 14.5. The molecule has 1 saturated heterocycles. The fourth-order valence-corrected chi connectivity index (χ4v) is 3.71. The third-order valence-corrected chi connectivity index (χ3v) is 4.94. The first-order chi connectivity index (χ1) is 13.2. The monoisotopic (exact) mass is 371 g/mol. The number of hydrazone groups is 1. The summed E-state index contributed by atoms with van der Waals surface area (Å²) in [7, 11) is 0. The summed E-state index contributed by atoms with van der Waals surface area (Å²) in [5.41, 5.74) is 1.21. The van der Waals surface area contributed by atoms with E-state index in [0.717, 1.165) is 23.8 Å². The summed E-state index contributed by atoms with van der Waals surface area (Å²) in [5.74, 6) is -1.51. The summed E-state index contributed by atoms with van der Waals surface area (Å²) in [4.78, 5) is 13.9. The summed E-state index contributed by atoms with van der Waals surface area (Å²) in [5, 5.41) is 5.82. The average Bonchev–Trinajstić information content (AvgIpc) is 3.10. The van der Waals surface area contributed by atoms with Crippen LogP contribution < -0.4 is 5.01 Å². The fourth-order valence-electron chi connectivity index (χ4n) is 3.71. The number of carbonyl (C=O) groups is 1. The Kier molecular flexibility index (Phi) is 4.96. The van der Waals surface area contributed by atoms with Gasteiger partial charge in [0.15, 0.2) is 6.29 Å². The van der Waals surface area contributed by atoms with Crippen molar-refractivity contribution in [1.82, 2.24) is 4.90 Å². The molecule has 27 heavy (non-hydrogen) atoms. The van der Waals surface area contributed by atoms with Gasteiger partial charge in [0.2, 0.25) is 0 Å². The summed E-state index contributed by atoms with van der Waals surface area (Å²) in [6, 6.07) is 12.8. The Morgan fingerprint density at radius 3 is 2.52 bits per heavy atom. The number of nitrogens with zero attached hydrogens (tertiary/aromatic N) is 3. The molecular formula is C20H19F2N3O2. The summed E-state index contributed by atoms with van der Waals surface area (Å²) < 4.78 is 33.8. The van der Waals surface area contributed by atoms with Crippen LogP contribution in [0.5, 0.6) is 0 Å². The van der Waals surface area contributed by atoms with Gasteiger partial charge in [0.05, 0.1) is 24.8 Å². The van der Waals surface area contributed by atoms with E-state index in [1.165, 1.54) is 5.01 Å². The van der Waals surface area contributed by atoms with Gasteiger partial charge in [-0.15, -0.1) is 0 Å². The number of aldehydes is 1. The Bertz CT molecular complexity index is 854. The molecule has 1 fully saturated rings. The number of carbonyl (C=O) groups excluding carboxylic acids is 1. The normalized spacial score (nSPS) is 23.3. The first-order valence-corrected chi connectivity index (χ1v) is 8.84. The Balaban J connectivity index is 1.82. The van der Waals surface area contributed by atoms with Gasteiger partial charge in [-0.05, 0) is 17.7 Å². The van der Waals surface area contributed by atoms with E-state index in [1.54, 1.807) is 0 Å². The Morgan fingerprint density at radius 2 is 1.81 bits per heavy atom. The lowest BCUT2D eigenvalue weighted by molar-refractivity contribution is -0.102. The zero-order valence-electron chi connectivity index (χ0n) is 14.6. The Morgan fingerprint density at radius 1 is 1.07 bits per heavy atom. The lowest BCUT2D eigenvalue weighted by atomic mass is 9.91. The number of anilines is 1. The minimum Gasteiger partial charge on any atom is -0.379 e. The van der Waals surface area contributed by atoms with Crippen LogP contribution in [0, 0.1) is 11.6 Å². The number of ether oxygens (including phenoxy) is 1. The van der Waals surface area contributed by atoms with Crippen molar-refractivity contribution in [3.05, 3.63) is 65.7 Å². The van der Waals surface area contributed by atoms with Crippen LogP contribution in [-0.4, -0.2) is 49.4 Å². The molecule has 4 rings (SSSR count). The van der Waals surface area contributed by atoms with Crippen molar-refractivity contribution >= 4 is 17.7 Å². The number of benzene rings is 2. The van der Waals surface area contributed by atoms with E-state index >= 15 is 0 Å². The molecule has 7 heteroatoms. The predicted octanol–water partition coefficient (Wildman–Crippen LogP) is 2.78. The molecular weight excluding hydrogens is 352 g/mol. The van der Waals surface area contributed by atoms with Gasteiger partial charge in [0.25, 0.3) is 0 Å². The molecule has 140 valence electrons. The molecule has 2 atom stereocenters. The third-order valence-electron chi connectivity index (χ3n) is 4.94. The second kappa shape index (κ2) is 7.54. The maximum atomic E-state index is 14.5. The van der Waals surface area contributed by atoms with E-state index in [2.05, 4.69) is 10.0 Å². The smallest absolute Gasteiger partial charge is 0.166 e. The van der Waals surface area contributed by atoms with Crippen molar-refractivity contribution in [2.75, 3.05) is 31.3 Å². The van der Waals surface area contributed by atoms with E-state index in [9.17, 15) is 13.6 Å². The van der Waals surface area contributed by atoms with Crippen LogP contribution in [0.25, 0.3) is 0 Å². The molecule has 2 aromatic carbocycles. The van der Waals surface area contributed by atoms with Crippen LogP contribution >= 0.6 is 0 Å². The van der Waals surface area contributed by atoms with E-state index in [-0.39, 0.29) is 11.6 Å². The molecule has 0 bridgehead atoms. The van der Waals surface area contributed by atoms with Crippen LogP contribution in [0.15, 0.2) is 53.6 Å². The van der Waals surface area contributed by atoms with E-state index in [1.807, 2.05) is 30.3 Å². The topological polar surface area (TPSA) is 45.1 Å². The highest BCUT2D eigenvalue weighted by Gasteiger charge is 2.43. The van der Waals surface area contributed by atoms with Gasteiger partial charge >= 0.3 is 0 Å². The number of hydrogen-bond donors (Lipinski definition) is 0. The minimum absolute atomic E-state index is 0.0178. The number of halogens is 2.